The number of likely N-dealkylation sites (N-methyl/N-ethyl adjacent to an activating group) is 2. The number of esters is 1. The first kappa shape index (κ1) is 14.7. The summed E-state index contributed by atoms with van der Waals surface area (Å²) in [6.45, 7) is 1.49. The zero-order valence-electron chi connectivity index (χ0n) is 10.1. The largest absolute Gasteiger partial charge is 0.460 e. The molecule has 0 fully saturated rings. The molecule has 0 unspecified atom stereocenters. The van der Waals surface area contributed by atoms with Gasteiger partial charge in [0.1, 0.15) is 6.10 Å². The van der Waals surface area contributed by atoms with Gasteiger partial charge < -0.3 is 14.5 Å². The van der Waals surface area contributed by atoms with Crippen molar-refractivity contribution in [1.82, 2.24) is 9.80 Å². The second kappa shape index (κ2) is 7.96. The Hall–Kier alpha value is -0.260. The maximum Gasteiger partial charge on any atom is 0.306 e. The van der Waals surface area contributed by atoms with Crippen LogP contribution in [0.1, 0.15) is 6.42 Å². The van der Waals surface area contributed by atoms with Crippen molar-refractivity contribution in [3.05, 3.63) is 0 Å². The number of rotatable bonds is 7. The molecule has 0 aromatic heterocycles. The van der Waals surface area contributed by atoms with Crippen LogP contribution in [0.2, 0.25) is 0 Å². The molecule has 5 heteroatoms. The molecule has 0 N–H and O–H groups in total. The van der Waals surface area contributed by atoms with Gasteiger partial charge in [-0.2, -0.15) is 12.6 Å². The van der Waals surface area contributed by atoms with Crippen molar-refractivity contribution in [3.8, 4) is 0 Å². The molecule has 90 valence electrons. The van der Waals surface area contributed by atoms with Gasteiger partial charge in [0.25, 0.3) is 0 Å². The summed E-state index contributed by atoms with van der Waals surface area (Å²) in [5.41, 5.74) is 0. The van der Waals surface area contributed by atoms with Crippen LogP contribution in [0.15, 0.2) is 0 Å². The molecule has 0 radical (unpaired) electrons. The topological polar surface area (TPSA) is 32.8 Å². The number of hydrogen-bond acceptors (Lipinski definition) is 5. The van der Waals surface area contributed by atoms with Gasteiger partial charge in [-0.1, -0.05) is 0 Å². The van der Waals surface area contributed by atoms with Crippen LogP contribution in [0, 0.1) is 0 Å². The fraction of sp³-hybridized carbons (Fsp3) is 0.900. The minimum Gasteiger partial charge on any atom is -0.460 e. The van der Waals surface area contributed by atoms with E-state index in [4.69, 9.17) is 4.74 Å². The molecule has 0 aromatic rings. The van der Waals surface area contributed by atoms with Crippen LogP contribution in [0.3, 0.4) is 0 Å². The minimum absolute atomic E-state index is 0.0672. The van der Waals surface area contributed by atoms with Crippen LogP contribution >= 0.6 is 12.6 Å². The van der Waals surface area contributed by atoms with E-state index in [2.05, 4.69) is 12.6 Å². The van der Waals surface area contributed by atoms with Crippen LogP contribution in [-0.4, -0.2) is 68.9 Å². The van der Waals surface area contributed by atoms with E-state index in [0.717, 1.165) is 13.1 Å². The average molecular weight is 234 g/mol. The Morgan fingerprint density at radius 3 is 2.00 bits per heavy atom. The van der Waals surface area contributed by atoms with Gasteiger partial charge in [-0.05, 0) is 28.2 Å². The first-order chi connectivity index (χ1) is 6.95. The summed E-state index contributed by atoms with van der Waals surface area (Å²) in [6, 6.07) is 0. The highest BCUT2D eigenvalue weighted by Crippen LogP contribution is 2.00. The third-order valence-corrected chi connectivity index (χ3v) is 1.98. The summed E-state index contributed by atoms with van der Waals surface area (Å²) in [6.07, 6.45) is 0.308. The van der Waals surface area contributed by atoms with E-state index >= 15 is 0 Å². The Bertz CT molecular complexity index is 176. The van der Waals surface area contributed by atoms with Crippen LogP contribution in [0.5, 0.6) is 0 Å². The third kappa shape index (κ3) is 8.72. The summed E-state index contributed by atoms with van der Waals surface area (Å²) in [5.74, 6) is 0.369. The fourth-order valence-corrected chi connectivity index (χ4v) is 1.47. The van der Waals surface area contributed by atoms with Gasteiger partial charge >= 0.3 is 5.97 Å². The Balaban J connectivity index is 4.05. The van der Waals surface area contributed by atoms with Crippen LogP contribution < -0.4 is 0 Å². The molecule has 0 saturated carbocycles. The first-order valence-corrected chi connectivity index (χ1v) is 5.68. The molecule has 4 nitrogen and oxygen atoms in total. The molecular formula is C10H22N2O2S. The van der Waals surface area contributed by atoms with Gasteiger partial charge in [0.2, 0.25) is 0 Å². The highest BCUT2D eigenvalue weighted by atomic mass is 32.1. The van der Waals surface area contributed by atoms with Gasteiger partial charge in [0.15, 0.2) is 0 Å². The number of hydrogen-bond donors (Lipinski definition) is 1. The van der Waals surface area contributed by atoms with Crippen molar-refractivity contribution in [3.63, 3.8) is 0 Å². The lowest BCUT2D eigenvalue weighted by molar-refractivity contribution is -0.149. The molecular weight excluding hydrogens is 212 g/mol. The zero-order chi connectivity index (χ0) is 11.8. The number of nitrogens with zero attached hydrogens (tertiary/aromatic N) is 2. The quantitative estimate of drug-likeness (QED) is 0.509. The Kier molecular flexibility index (Phi) is 7.82. The second-order valence-electron chi connectivity index (χ2n) is 4.11. The molecule has 0 spiro atoms. The van der Waals surface area contributed by atoms with Crippen molar-refractivity contribution in [2.24, 2.45) is 0 Å². The van der Waals surface area contributed by atoms with Crippen molar-refractivity contribution >= 4 is 18.6 Å². The highest BCUT2D eigenvalue weighted by Gasteiger charge is 2.15. The lowest BCUT2D eigenvalue weighted by Gasteiger charge is -2.24. The molecule has 0 heterocycles. The predicted molar refractivity (Wildman–Crippen MR) is 65.5 cm³/mol. The molecule has 0 atom stereocenters. The van der Waals surface area contributed by atoms with Gasteiger partial charge in [0, 0.05) is 18.8 Å². The van der Waals surface area contributed by atoms with E-state index in [1.807, 2.05) is 38.0 Å². The average Bonchev–Trinajstić information content (AvgIpc) is 2.00. The number of ether oxygens (including phenoxy) is 1. The van der Waals surface area contributed by atoms with E-state index in [1.54, 1.807) is 0 Å². The second-order valence-corrected chi connectivity index (χ2v) is 4.56. The van der Waals surface area contributed by atoms with Gasteiger partial charge in [-0.15, -0.1) is 0 Å². The Morgan fingerprint density at radius 2 is 1.67 bits per heavy atom. The monoisotopic (exact) mass is 234 g/mol. The molecule has 0 aliphatic heterocycles. The van der Waals surface area contributed by atoms with Crippen LogP contribution in [-0.2, 0) is 9.53 Å². The SMILES string of the molecule is CN(C)CC(CN(C)C)OC(=O)CCS. The van der Waals surface area contributed by atoms with Crippen molar-refractivity contribution in [1.29, 1.82) is 0 Å². The minimum atomic E-state index is -0.168. The molecule has 0 rings (SSSR count). The first-order valence-electron chi connectivity index (χ1n) is 5.05. The smallest absolute Gasteiger partial charge is 0.306 e. The Morgan fingerprint density at radius 1 is 1.20 bits per heavy atom. The van der Waals surface area contributed by atoms with Crippen molar-refractivity contribution in [2.75, 3.05) is 47.0 Å². The molecule has 0 bridgehead atoms. The standard InChI is InChI=1S/C10H22N2O2S/c1-11(2)7-9(8-12(3)4)14-10(13)5-6-15/h9,15H,5-8H2,1-4H3. The zero-order valence-corrected chi connectivity index (χ0v) is 11.0. The van der Waals surface area contributed by atoms with E-state index in [9.17, 15) is 4.79 Å². The highest BCUT2D eigenvalue weighted by molar-refractivity contribution is 7.80. The summed E-state index contributed by atoms with van der Waals surface area (Å²) >= 11 is 4.00. The van der Waals surface area contributed by atoms with E-state index in [-0.39, 0.29) is 12.1 Å². The number of carbonyl (C=O) groups excluding carboxylic acids is 1. The lowest BCUT2D eigenvalue weighted by atomic mass is 10.3. The number of carbonyl (C=O) groups is 1. The fourth-order valence-electron chi connectivity index (χ4n) is 1.28. The maximum atomic E-state index is 11.3. The molecule has 0 aliphatic rings. The lowest BCUT2D eigenvalue weighted by Crippen LogP contribution is -2.38. The van der Waals surface area contributed by atoms with Crippen LogP contribution in [0.25, 0.3) is 0 Å². The van der Waals surface area contributed by atoms with E-state index < -0.39 is 0 Å². The molecule has 0 saturated heterocycles. The number of thiol groups is 1. The van der Waals surface area contributed by atoms with Gasteiger partial charge in [0.05, 0.1) is 6.42 Å². The molecule has 15 heavy (non-hydrogen) atoms. The van der Waals surface area contributed by atoms with Crippen LogP contribution in [0.4, 0.5) is 0 Å². The molecule has 0 aliphatic carbocycles. The van der Waals surface area contributed by atoms with Crippen molar-refractivity contribution < 1.29 is 9.53 Å². The summed E-state index contributed by atoms with van der Waals surface area (Å²) in [4.78, 5) is 15.3. The normalized spacial score (nSPS) is 11.5. The summed E-state index contributed by atoms with van der Waals surface area (Å²) in [7, 11) is 7.87. The maximum absolute atomic E-state index is 11.3. The summed E-state index contributed by atoms with van der Waals surface area (Å²) < 4.78 is 5.34. The van der Waals surface area contributed by atoms with Crippen molar-refractivity contribution in [2.45, 2.75) is 12.5 Å². The van der Waals surface area contributed by atoms with Gasteiger partial charge in [-0.25, -0.2) is 0 Å². The van der Waals surface area contributed by atoms with E-state index in [1.165, 1.54) is 0 Å². The van der Waals surface area contributed by atoms with E-state index in [0.29, 0.717) is 12.2 Å². The van der Waals surface area contributed by atoms with Gasteiger partial charge in [-0.3, -0.25) is 4.79 Å². The third-order valence-electron chi connectivity index (χ3n) is 1.75. The summed E-state index contributed by atoms with van der Waals surface area (Å²) in [5, 5.41) is 0. The predicted octanol–water partition coefficient (Wildman–Crippen LogP) is 0.341. The molecule has 0 amide bonds. The molecule has 0 aromatic carbocycles. The Labute approximate surface area is 98.0 Å².